The number of aromatic amines is 2. The second-order valence-electron chi connectivity index (χ2n) is 6.94. The summed E-state index contributed by atoms with van der Waals surface area (Å²) in [5, 5.41) is 6.43. The van der Waals surface area contributed by atoms with Gasteiger partial charge in [-0.1, -0.05) is 24.3 Å². The first-order valence-electron chi connectivity index (χ1n) is 8.70. The fourth-order valence-corrected chi connectivity index (χ4v) is 3.56. The van der Waals surface area contributed by atoms with Gasteiger partial charge in [0.05, 0.1) is 6.42 Å². The first-order chi connectivity index (χ1) is 11.7. The Hall–Kier alpha value is -2.37. The zero-order valence-corrected chi connectivity index (χ0v) is 13.6. The van der Waals surface area contributed by atoms with Gasteiger partial charge in [-0.15, -0.1) is 0 Å². The van der Waals surface area contributed by atoms with Gasteiger partial charge in [-0.25, -0.2) is 9.89 Å². The van der Waals surface area contributed by atoms with Crippen LogP contribution in [0.15, 0.2) is 29.1 Å². The summed E-state index contributed by atoms with van der Waals surface area (Å²) in [6, 6.07) is 8.44. The van der Waals surface area contributed by atoms with Crippen LogP contribution in [0.2, 0.25) is 0 Å². The summed E-state index contributed by atoms with van der Waals surface area (Å²) in [5.74, 6) is 1.63. The first kappa shape index (κ1) is 15.2. The number of nitrogens with one attached hydrogen (secondary N) is 2. The SMILES string of the molecule is O=C(Cc1cccc(C2CC2)c1)N1CCC[C@@H](c2n[nH]c(=O)[nH]2)C1. The molecule has 4 rings (SSSR count). The number of piperidine rings is 1. The number of amides is 1. The molecule has 2 N–H and O–H groups in total. The number of rotatable bonds is 4. The molecule has 2 aliphatic rings. The Kier molecular flexibility index (Phi) is 3.96. The summed E-state index contributed by atoms with van der Waals surface area (Å²) in [7, 11) is 0. The third-order valence-electron chi connectivity index (χ3n) is 5.04. The highest BCUT2D eigenvalue weighted by Gasteiger charge is 2.27. The first-order valence-corrected chi connectivity index (χ1v) is 8.70. The standard InChI is InChI=1S/C18H22N4O2/c23-16(10-12-3-1-4-14(9-12)13-6-7-13)22-8-2-5-15(11-22)17-19-18(24)21-20-17/h1,3-4,9,13,15H,2,5-8,10-11H2,(H2,19,20,21,24)/t15-/m1/s1. The lowest BCUT2D eigenvalue weighted by Gasteiger charge is -2.31. The van der Waals surface area contributed by atoms with Crippen molar-refractivity contribution in [2.45, 2.75) is 43.9 Å². The predicted molar refractivity (Wildman–Crippen MR) is 89.9 cm³/mol. The van der Waals surface area contributed by atoms with Gasteiger partial charge in [-0.05, 0) is 42.7 Å². The van der Waals surface area contributed by atoms with E-state index < -0.39 is 0 Å². The van der Waals surface area contributed by atoms with E-state index in [4.69, 9.17) is 0 Å². The smallest absolute Gasteiger partial charge is 0.340 e. The fourth-order valence-electron chi connectivity index (χ4n) is 3.56. The monoisotopic (exact) mass is 326 g/mol. The van der Waals surface area contributed by atoms with Gasteiger partial charge in [-0.3, -0.25) is 9.78 Å². The van der Waals surface area contributed by atoms with Gasteiger partial charge in [-0.2, -0.15) is 5.10 Å². The summed E-state index contributed by atoms with van der Waals surface area (Å²) in [6.45, 7) is 1.41. The number of aromatic nitrogens is 3. The Morgan fingerprint density at radius 3 is 2.88 bits per heavy atom. The molecule has 6 heteroatoms. The third kappa shape index (κ3) is 3.27. The van der Waals surface area contributed by atoms with Gasteiger partial charge >= 0.3 is 5.69 Å². The maximum absolute atomic E-state index is 12.7. The van der Waals surface area contributed by atoms with Crippen LogP contribution in [-0.2, 0) is 11.2 Å². The summed E-state index contributed by atoms with van der Waals surface area (Å²) in [4.78, 5) is 28.5. The molecule has 1 saturated carbocycles. The van der Waals surface area contributed by atoms with E-state index in [0.29, 0.717) is 24.7 Å². The zero-order valence-electron chi connectivity index (χ0n) is 13.6. The Balaban J connectivity index is 1.42. The number of carbonyl (C=O) groups is 1. The molecule has 1 aliphatic carbocycles. The van der Waals surface area contributed by atoms with Crippen LogP contribution in [0.1, 0.15) is 54.5 Å². The lowest BCUT2D eigenvalue weighted by molar-refractivity contribution is -0.131. The molecular weight excluding hydrogens is 304 g/mol. The van der Waals surface area contributed by atoms with E-state index in [1.807, 2.05) is 11.0 Å². The number of likely N-dealkylation sites (tertiary alicyclic amines) is 1. The van der Waals surface area contributed by atoms with Crippen LogP contribution in [0, 0.1) is 0 Å². The van der Waals surface area contributed by atoms with E-state index in [-0.39, 0.29) is 17.5 Å². The van der Waals surface area contributed by atoms with Crippen molar-refractivity contribution in [2.24, 2.45) is 0 Å². The summed E-state index contributed by atoms with van der Waals surface area (Å²) in [5.41, 5.74) is 2.18. The van der Waals surface area contributed by atoms with E-state index in [1.165, 1.54) is 18.4 Å². The molecule has 1 atom stereocenters. The second-order valence-corrected chi connectivity index (χ2v) is 6.94. The summed E-state index contributed by atoms with van der Waals surface area (Å²) in [6.07, 6.45) is 4.87. The molecule has 2 aromatic rings. The molecule has 1 aromatic heterocycles. The number of carbonyl (C=O) groups excluding carboxylic acids is 1. The van der Waals surface area contributed by atoms with Gasteiger partial charge in [0, 0.05) is 19.0 Å². The van der Waals surface area contributed by atoms with E-state index in [2.05, 4.69) is 33.4 Å². The van der Waals surface area contributed by atoms with Crippen molar-refractivity contribution in [3.63, 3.8) is 0 Å². The number of hydrogen-bond donors (Lipinski definition) is 2. The van der Waals surface area contributed by atoms with Crippen LogP contribution in [0.5, 0.6) is 0 Å². The van der Waals surface area contributed by atoms with Crippen LogP contribution in [-0.4, -0.2) is 39.1 Å². The van der Waals surface area contributed by atoms with E-state index in [0.717, 1.165) is 24.9 Å². The molecule has 24 heavy (non-hydrogen) atoms. The molecule has 0 bridgehead atoms. The lowest BCUT2D eigenvalue weighted by Crippen LogP contribution is -2.40. The van der Waals surface area contributed by atoms with Crippen LogP contribution < -0.4 is 5.69 Å². The average Bonchev–Trinajstić information content (AvgIpc) is 3.36. The van der Waals surface area contributed by atoms with Crippen molar-refractivity contribution in [3.05, 3.63) is 51.7 Å². The van der Waals surface area contributed by atoms with E-state index >= 15 is 0 Å². The molecule has 1 amide bonds. The number of nitrogens with zero attached hydrogens (tertiary/aromatic N) is 2. The minimum Gasteiger partial charge on any atom is -0.342 e. The van der Waals surface area contributed by atoms with Gasteiger partial charge < -0.3 is 4.90 Å². The summed E-state index contributed by atoms with van der Waals surface area (Å²) >= 11 is 0. The van der Waals surface area contributed by atoms with E-state index in [1.54, 1.807) is 0 Å². The quantitative estimate of drug-likeness (QED) is 0.900. The van der Waals surface area contributed by atoms with Crippen LogP contribution in [0.25, 0.3) is 0 Å². The minimum atomic E-state index is -0.287. The normalized spacial score (nSPS) is 21.0. The molecule has 1 aliphatic heterocycles. The molecule has 0 unspecified atom stereocenters. The van der Waals surface area contributed by atoms with Crippen molar-refractivity contribution in [1.82, 2.24) is 20.1 Å². The molecule has 0 radical (unpaired) electrons. The highest BCUT2D eigenvalue weighted by molar-refractivity contribution is 5.79. The fraction of sp³-hybridized carbons (Fsp3) is 0.500. The topological polar surface area (TPSA) is 81.8 Å². The molecule has 2 fully saturated rings. The Bertz CT molecular complexity index is 790. The van der Waals surface area contributed by atoms with Gasteiger partial charge in [0.2, 0.25) is 5.91 Å². The predicted octanol–water partition coefficient (Wildman–Crippen LogP) is 1.92. The van der Waals surface area contributed by atoms with Crippen molar-refractivity contribution >= 4 is 5.91 Å². The largest absolute Gasteiger partial charge is 0.342 e. The molecule has 6 nitrogen and oxygen atoms in total. The van der Waals surface area contributed by atoms with Crippen LogP contribution in [0.3, 0.4) is 0 Å². The van der Waals surface area contributed by atoms with Crippen molar-refractivity contribution in [2.75, 3.05) is 13.1 Å². The van der Waals surface area contributed by atoms with Crippen LogP contribution >= 0.6 is 0 Å². The highest BCUT2D eigenvalue weighted by Crippen LogP contribution is 2.40. The molecule has 126 valence electrons. The van der Waals surface area contributed by atoms with Crippen LogP contribution in [0.4, 0.5) is 0 Å². The number of benzene rings is 1. The second kappa shape index (κ2) is 6.26. The maximum atomic E-state index is 12.7. The van der Waals surface area contributed by atoms with Gasteiger partial charge in [0.1, 0.15) is 5.82 Å². The molecule has 2 heterocycles. The zero-order chi connectivity index (χ0) is 16.5. The van der Waals surface area contributed by atoms with Gasteiger partial charge in [0.15, 0.2) is 0 Å². The maximum Gasteiger partial charge on any atom is 0.340 e. The summed E-state index contributed by atoms with van der Waals surface area (Å²) < 4.78 is 0. The van der Waals surface area contributed by atoms with Crippen molar-refractivity contribution in [1.29, 1.82) is 0 Å². The molecule has 1 aromatic carbocycles. The van der Waals surface area contributed by atoms with E-state index in [9.17, 15) is 9.59 Å². The molecule has 1 saturated heterocycles. The lowest BCUT2D eigenvalue weighted by atomic mass is 9.96. The van der Waals surface area contributed by atoms with Crippen molar-refractivity contribution < 1.29 is 4.79 Å². The average molecular weight is 326 g/mol. The highest BCUT2D eigenvalue weighted by atomic mass is 16.2. The Labute approximate surface area is 140 Å². The molecule has 0 spiro atoms. The minimum absolute atomic E-state index is 0.111. The van der Waals surface area contributed by atoms with Gasteiger partial charge in [0.25, 0.3) is 0 Å². The third-order valence-corrected chi connectivity index (χ3v) is 5.04. The Morgan fingerprint density at radius 2 is 2.12 bits per heavy atom. The number of hydrogen-bond acceptors (Lipinski definition) is 3. The van der Waals surface area contributed by atoms with Crippen molar-refractivity contribution in [3.8, 4) is 0 Å². The Morgan fingerprint density at radius 1 is 1.25 bits per heavy atom. The number of H-pyrrole nitrogens is 2. The molecular formula is C18H22N4O2.